The molecule has 0 fully saturated rings. The maximum absolute atomic E-state index is 2.29. The van der Waals surface area contributed by atoms with Crippen molar-refractivity contribution in [2.45, 2.75) is 20.8 Å². The summed E-state index contributed by atoms with van der Waals surface area (Å²) < 4.78 is 4.58. The fourth-order valence-corrected chi connectivity index (χ4v) is 3.12. The topological polar surface area (TPSA) is 8.81 Å². The number of imidazole rings is 1. The van der Waals surface area contributed by atoms with E-state index in [0.717, 1.165) is 0 Å². The lowest BCUT2D eigenvalue weighted by Crippen LogP contribution is -2.30. The van der Waals surface area contributed by atoms with Crippen LogP contribution in [0, 0.1) is 20.8 Å². The van der Waals surface area contributed by atoms with Crippen molar-refractivity contribution >= 4 is 11.0 Å². The molecule has 0 saturated heterocycles. The summed E-state index contributed by atoms with van der Waals surface area (Å²) >= 11 is 0. The largest absolute Gasteiger partial charge is 0.289 e. The monoisotopic (exact) mass is 265 g/mol. The zero-order valence-corrected chi connectivity index (χ0v) is 12.9. The molecular formula is C18H21N2+. The standard InChI is InChI=1S/C18H21N2/c1-12-10-13(2)14(3)15(11-12)18-19(4)16-8-6-7-9-17(16)20(18)5/h6-11H,1-5H3/q+1. The van der Waals surface area contributed by atoms with Crippen molar-refractivity contribution in [3.8, 4) is 11.4 Å². The molecule has 0 bridgehead atoms. The van der Waals surface area contributed by atoms with Crippen LogP contribution >= 0.6 is 0 Å². The number of fused-ring (bicyclic) bond motifs is 1. The van der Waals surface area contributed by atoms with E-state index in [1.807, 2.05) is 0 Å². The maximum Gasteiger partial charge on any atom is 0.289 e. The van der Waals surface area contributed by atoms with Gasteiger partial charge in [0.25, 0.3) is 5.82 Å². The molecule has 102 valence electrons. The van der Waals surface area contributed by atoms with Crippen molar-refractivity contribution in [1.82, 2.24) is 4.57 Å². The Morgan fingerprint density at radius 3 is 2.40 bits per heavy atom. The van der Waals surface area contributed by atoms with Crippen LogP contribution in [0.5, 0.6) is 0 Å². The Bertz CT molecular complexity index is 771. The van der Waals surface area contributed by atoms with Crippen LogP contribution in [0.3, 0.4) is 0 Å². The van der Waals surface area contributed by atoms with Gasteiger partial charge in [-0.15, -0.1) is 0 Å². The van der Waals surface area contributed by atoms with Gasteiger partial charge in [-0.25, -0.2) is 9.13 Å². The predicted molar refractivity (Wildman–Crippen MR) is 83.7 cm³/mol. The SMILES string of the molecule is Cc1cc(C)c(C)c(-c2n(C)c3ccccc3[n+]2C)c1. The van der Waals surface area contributed by atoms with Crippen molar-refractivity contribution in [2.75, 3.05) is 0 Å². The molecule has 0 N–H and O–H groups in total. The molecule has 0 aliphatic heterocycles. The quantitative estimate of drug-likeness (QED) is 0.595. The van der Waals surface area contributed by atoms with Gasteiger partial charge in [-0.1, -0.05) is 18.2 Å². The molecule has 2 nitrogen and oxygen atoms in total. The summed E-state index contributed by atoms with van der Waals surface area (Å²) in [4.78, 5) is 0. The highest BCUT2D eigenvalue weighted by Crippen LogP contribution is 2.27. The first kappa shape index (κ1) is 12.9. The lowest BCUT2D eigenvalue weighted by Gasteiger charge is -2.08. The van der Waals surface area contributed by atoms with Crippen LogP contribution in [-0.4, -0.2) is 4.57 Å². The first-order valence-electron chi connectivity index (χ1n) is 7.02. The van der Waals surface area contributed by atoms with Gasteiger partial charge in [0.2, 0.25) is 0 Å². The number of para-hydroxylation sites is 2. The molecule has 0 radical (unpaired) electrons. The summed E-state index contributed by atoms with van der Waals surface area (Å²) in [6.07, 6.45) is 0. The van der Waals surface area contributed by atoms with Crippen molar-refractivity contribution in [2.24, 2.45) is 14.1 Å². The minimum Gasteiger partial charge on any atom is -0.226 e. The van der Waals surface area contributed by atoms with Crippen molar-refractivity contribution < 1.29 is 4.57 Å². The molecule has 3 aromatic rings. The van der Waals surface area contributed by atoms with Gasteiger partial charge >= 0.3 is 0 Å². The fraction of sp³-hybridized carbons (Fsp3) is 0.278. The highest BCUT2D eigenvalue weighted by Gasteiger charge is 2.23. The van der Waals surface area contributed by atoms with Crippen LogP contribution in [0.25, 0.3) is 22.4 Å². The smallest absolute Gasteiger partial charge is 0.226 e. The van der Waals surface area contributed by atoms with Gasteiger partial charge in [0.15, 0.2) is 11.0 Å². The zero-order chi connectivity index (χ0) is 14.4. The van der Waals surface area contributed by atoms with E-state index in [0.29, 0.717) is 0 Å². The predicted octanol–water partition coefficient (Wildman–Crippen LogP) is 3.60. The second kappa shape index (κ2) is 4.48. The van der Waals surface area contributed by atoms with E-state index in [-0.39, 0.29) is 0 Å². The highest BCUT2D eigenvalue weighted by molar-refractivity contribution is 5.76. The molecule has 0 unspecified atom stereocenters. The lowest BCUT2D eigenvalue weighted by atomic mass is 9.99. The lowest BCUT2D eigenvalue weighted by molar-refractivity contribution is -0.634. The summed E-state index contributed by atoms with van der Waals surface area (Å²) in [7, 11) is 4.30. The van der Waals surface area contributed by atoms with E-state index in [1.54, 1.807) is 0 Å². The van der Waals surface area contributed by atoms with Gasteiger partial charge in [0, 0.05) is 0 Å². The summed E-state index contributed by atoms with van der Waals surface area (Å²) in [5.41, 5.74) is 7.88. The Kier molecular flexibility index (Phi) is 2.89. The number of aryl methyl sites for hydroxylation is 4. The molecule has 0 saturated carbocycles. The molecule has 1 heterocycles. The Hall–Kier alpha value is -2.09. The molecule has 20 heavy (non-hydrogen) atoms. The Labute approximate surface area is 120 Å². The fourth-order valence-electron chi connectivity index (χ4n) is 3.12. The Balaban J connectivity index is 2.41. The van der Waals surface area contributed by atoms with Crippen molar-refractivity contribution in [1.29, 1.82) is 0 Å². The molecule has 0 aliphatic rings. The van der Waals surface area contributed by atoms with Gasteiger partial charge in [0.1, 0.15) is 0 Å². The molecule has 2 heteroatoms. The normalized spacial score (nSPS) is 11.2. The summed E-state index contributed by atoms with van der Waals surface area (Å²) in [6.45, 7) is 6.56. The third-order valence-electron chi connectivity index (χ3n) is 4.29. The summed E-state index contributed by atoms with van der Waals surface area (Å²) in [5, 5.41) is 0. The van der Waals surface area contributed by atoms with Crippen molar-refractivity contribution in [3.05, 3.63) is 53.1 Å². The Morgan fingerprint density at radius 1 is 1.00 bits per heavy atom. The van der Waals surface area contributed by atoms with E-state index < -0.39 is 0 Å². The van der Waals surface area contributed by atoms with E-state index >= 15 is 0 Å². The van der Waals surface area contributed by atoms with E-state index in [9.17, 15) is 0 Å². The number of benzene rings is 2. The molecule has 0 spiro atoms. The first-order valence-corrected chi connectivity index (χ1v) is 7.02. The first-order chi connectivity index (χ1) is 9.50. The van der Waals surface area contributed by atoms with Crippen LogP contribution in [0.1, 0.15) is 16.7 Å². The average Bonchev–Trinajstić information content (AvgIpc) is 2.67. The summed E-state index contributed by atoms with van der Waals surface area (Å²) in [5.74, 6) is 1.26. The maximum atomic E-state index is 2.29. The number of aromatic nitrogens is 2. The molecule has 1 aromatic heterocycles. The van der Waals surface area contributed by atoms with Crippen LogP contribution in [0.2, 0.25) is 0 Å². The van der Waals surface area contributed by atoms with Crippen LogP contribution < -0.4 is 4.57 Å². The van der Waals surface area contributed by atoms with Gasteiger partial charge in [0.05, 0.1) is 19.7 Å². The minimum absolute atomic E-state index is 1.26. The second-order valence-electron chi connectivity index (χ2n) is 5.68. The third-order valence-corrected chi connectivity index (χ3v) is 4.29. The van der Waals surface area contributed by atoms with Crippen LogP contribution in [0.15, 0.2) is 36.4 Å². The van der Waals surface area contributed by atoms with Gasteiger partial charge < -0.3 is 0 Å². The van der Waals surface area contributed by atoms with Crippen LogP contribution in [-0.2, 0) is 14.1 Å². The molecule has 3 rings (SSSR count). The third kappa shape index (κ3) is 1.75. The Morgan fingerprint density at radius 2 is 1.70 bits per heavy atom. The second-order valence-corrected chi connectivity index (χ2v) is 5.68. The van der Waals surface area contributed by atoms with Gasteiger partial charge in [-0.3, -0.25) is 0 Å². The van der Waals surface area contributed by atoms with Gasteiger partial charge in [-0.05, 0) is 55.7 Å². The average molecular weight is 265 g/mol. The molecule has 2 aromatic carbocycles. The number of hydrogen-bond donors (Lipinski definition) is 0. The molecule has 0 aliphatic carbocycles. The van der Waals surface area contributed by atoms with Crippen molar-refractivity contribution in [3.63, 3.8) is 0 Å². The summed E-state index contributed by atoms with van der Waals surface area (Å²) in [6, 6.07) is 13.1. The van der Waals surface area contributed by atoms with E-state index in [1.165, 1.54) is 39.1 Å². The molecular weight excluding hydrogens is 244 g/mol. The van der Waals surface area contributed by atoms with E-state index in [4.69, 9.17) is 0 Å². The van der Waals surface area contributed by atoms with Crippen LogP contribution in [0.4, 0.5) is 0 Å². The molecule has 0 amide bonds. The molecule has 0 atom stereocenters. The number of rotatable bonds is 1. The number of hydrogen-bond acceptors (Lipinski definition) is 0. The number of nitrogens with zero attached hydrogens (tertiary/aromatic N) is 2. The minimum atomic E-state index is 1.26. The van der Waals surface area contributed by atoms with Gasteiger partial charge in [-0.2, -0.15) is 0 Å². The zero-order valence-electron chi connectivity index (χ0n) is 12.9. The highest BCUT2D eigenvalue weighted by atomic mass is 15.1. The van der Waals surface area contributed by atoms with E-state index in [2.05, 4.69) is 80.4 Å².